The van der Waals surface area contributed by atoms with Gasteiger partial charge in [0.05, 0.1) is 24.1 Å². The minimum absolute atomic E-state index is 0.0737. The quantitative estimate of drug-likeness (QED) is 0.282. The molecular weight excluding hydrogens is 523 g/mol. The normalized spacial score (nSPS) is 12.7. The van der Waals surface area contributed by atoms with Gasteiger partial charge in [0.1, 0.15) is 17.3 Å². The Balaban J connectivity index is 1.84. The zero-order chi connectivity index (χ0) is 27.2. The van der Waals surface area contributed by atoms with Gasteiger partial charge in [-0.1, -0.05) is 30.3 Å². The van der Waals surface area contributed by atoms with E-state index in [1.54, 1.807) is 0 Å². The minimum Gasteiger partial charge on any atom is -0.435 e. The maximum absolute atomic E-state index is 14.0. The second-order valence-electron chi connectivity index (χ2n) is 7.87. The second-order valence-corrected chi connectivity index (χ2v) is 9.61. The lowest BCUT2D eigenvalue weighted by molar-refractivity contribution is -0.0505. The van der Waals surface area contributed by atoms with E-state index in [9.17, 15) is 35.5 Å². The van der Waals surface area contributed by atoms with Gasteiger partial charge in [-0.05, 0) is 53.1 Å². The fourth-order valence-corrected chi connectivity index (χ4v) is 4.04. The van der Waals surface area contributed by atoms with E-state index in [2.05, 4.69) is 14.8 Å². The Morgan fingerprint density at radius 1 is 0.811 bits per heavy atom. The summed E-state index contributed by atoms with van der Waals surface area (Å²) in [6.07, 6.45) is -0.359. The van der Waals surface area contributed by atoms with Crippen LogP contribution in [0.5, 0.6) is 11.5 Å². The second kappa shape index (κ2) is 12.2. The van der Waals surface area contributed by atoms with Gasteiger partial charge < -0.3 is 19.9 Å². The molecule has 3 aromatic carbocycles. The van der Waals surface area contributed by atoms with Crippen molar-refractivity contribution in [3.8, 4) is 11.5 Å². The average molecular weight is 547 g/mol. The zero-order valence-electron chi connectivity index (χ0n) is 19.2. The Hall–Kier alpha value is -3.42. The van der Waals surface area contributed by atoms with Gasteiger partial charge in [-0.3, -0.25) is 4.72 Å². The maximum Gasteiger partial charge on any atom is 0.387 e. The van der Waals surface area contributed by atoms with Crippen LogP contribution in [0.2, 0.25) is 0 Å². The Kier molecular flexibility index (Phi) is 9.29. The largest absolute Gasteiger partial charge is 0.435 e. The molecule has 7 nitrogen and oxygen atoms in total. The lowest BCUT2D eigenvalue weighted by atomic mass is 9.97. The van der Waals surface area contributed by atoms with Crippen molar-refractivity contribution < 1.29 is 45.0 Å². The summed E-state index contributed by atoms with van der Waals surface area (Å²) in [5.74, 6) is -0.977. The van der Waals surface area contributed by atoms with Crippen LogP contribution in [0.15, 0.2) is 66.7 Å². The predicted molar refractivity (Wildman–Crippen MR) is 126 cm³/mol. The van der Waals surface area contributed by atoms with Crippen LogP contribution < -0.4 is 19.5 Å². The average Bonchev–Trinajstić information content (AvgIpc) is 2.81. The van der Waals surface area contributed by atoms with E-state index in [4.69, 9.17) is 0 Å². The number of anilines is 1. The maximum atomic E-state index is 14.0. The van der Waals surface area contributed by atoms with E-state index in [-0.39, 0.29) is 29.3 Å². The molecule has 0 spiro atoms. The molecular formula is C24H23F5N2O5S. The number of hydrogen-bond acceptors (Lipinski definition) is 6. The minimum atomic E-state index is -3.76. The van der Waals surface area contributed by atoms with Crippen LogP contribution in [0.3, 0.4) is 0 Å². The molecule has 0 heterocycles. The van der Waals surface area contributed by atoms with Crippen molar-refractivity contribution in [3.05, 3.63) is 89.2 Å². The van der Waals surface area contributed by atoms with E-state index >= 15 is 0 Å². The summed E-state index contributed by atoms with van der Waals surface area (Å²) < 4.78 is 97.7. The molecule has 3 aromatic rings. The number of benzene rings is 3. The third-order valence-electron chi connectivity index (χ3n) is 5.06. The topological polar surface area (TPSA) is 96.9 Å². The highest BCUT2D eigenvalue weighted by Crippen LogP contribution is 2.28. The molecule has 200 valence electrons. The summed E-state index contributed by atoms with van der Waals surface area (Å²) in [7, 11) is -3.76. The highest BCUT2D eigenvalue weighted by atomic mass is 32.2. The first kappa shape index (κ1) is 28.2. The van der Waals surface area contributed by atoms with Crippen molar-refractivity contribution in [1.29, 1.82) is 0 Å². The molecule has 0 aromatic heterocycles. The van der Waals surface area contributed by atoms with Crippen molar-refractivity contribution >= 4 is 15.7 Å². The molecule has 0 radical (unpaired) electrons. The highest BCUT2D eigenvalue weighted by molar-refractivity contribution is 7.92. The smallest absolute Gasteiger partial charge is 0.387 e. The molecule has 0 fully saturated rings. The van der Waals surface area contributed by atoms with Crippen LogP contribution in [0.1, 0.15) is 28.8 Å². The van der Waals surface area contributed by atoms with Gasteiger partial charge >= 0.3 is 13.2 Å². The van der Waals surface area contributed by atoms with Gasteiger partial charge in [0.25, 0.3) is 0 Å². The predicted octanol–water partition coefficient (Wildman–Crippen LogP) is 4.81. The monoisotopic (exact) mass is 546 g/mol. The summed E-state index contributed by atoms with van der Waals surface area (Å²) in [5.41, 5.74) is 1.00. The fourth-order valence-electron chi connectivity index (χ4n) is 3.49. The Morgan fingerprint density at radius 3 is 1.70 bits per heavy atom. The van der Waals surface area contributed by atoms with E-state index < -0.39 is 41.2 Å². The molecule has 3 rings (SSSR count). The fraction of sp³-hybridized carbons (Fsp3) is 0.250. The van der Waals surface area contributed by atoms with Crippen LogP contribution in [-0.4, -0.2) is 39.5 Å². The molecule has 0 aliphatic heterocycles. The van der Waals surface area contributed by atoms with E-state index in [1.165, 1.54) is 54.6 Å². The van der Waals surface area contributed by atoms with Gasteiger partial charge in [-0.25, -0.2) is 12.8 Å². The highest BCUT2D eigenvalue weighted by Gasteiger charge is 2.19. The third-order valence-corrected chi connectivity index (χ3v) is 5.65. The number of sulfonamides is 1. The van der Waals surface area contributed by atoms with Crippen LogP contribution in [0.4, 0.5) is 27.6 Å². The van der Waals surface area contributed by atoms with Crippen molar-refractivity contribution in [2.24, 2.45) is 0 Å². The summed E-state index contributed by atoms with van der Waals surface area (Å²) in [6.45, 7) is -6.12. The molecule has 0 amide bonds. The number of halogens is 5. The SMILES string of the molecule is CS(=O)(=O)Nc1cc([C@@H](O)CNC(c2ccc(OC(F)F)cc2)c2ccc(OC(F)F)cc2)ccc1F. The summed E-state index contributed by atoms with van der Waals surface area (Å²) >= 11 is 0. The molecule has 0 saturated heterocycles. The lowest BCUT2D eigenvalue weighted by Crippen LogP contribution is -2.27. The molecule has 0 unspecified atom stereocenters. The molecule has 0 aliphatic carbocycles. The van der Waals surface area contributed by atoms with Gasteiger partial charge in [-0.2, -0.15) is 17.6 Å². The Bertz CT molecular complexity index is 1220. The molecule has 0 bridgehead atoms. The number of aliphatic hydroxyl groups is 1. The van der Waals surface area contributed by atoms with Crippen molar-refractivity contribution in [1.82, 2.24) is 5.32 Å². The first-order valence-corrected chi connectivity index (χ1v) is 12.6. The summed E-state index contributed by atoms with van der Waals surface area (Å²) in [4.78, 5) is 0. The molecule has 3 N–H and O–H groups in total. The molecule has 37 heavy (non-hydrogen) atoms. The number of alkyl halides is 4. The number of nitrogens with one attached hydrogen (secondary N) is 2. The Labute approximate surface area is 209 Å². The molecule has 0 saturated carbocycles. The molecule has 1 atom stereocenters. The Morgan fingerprint density at radius 2 is 1.27 bits per heavy atom. The van der Waals surface area contributed by atoms with Crippen molar-refractivity contribution in [3.63, 3.8) is 0 Å². The first-order valence-electron chi connectivity index (χ1n) is 10.7. The van der Waals surface area contributed by atoms with Crippen LogP contribution in [0.25, 0.3) is 0 Å². The van der Waals surface area contributed by atoms with E-state index in [1.807, 2.05) is 4.72 Å². The van der Waals surface area contributed by atoms with Crippen molar-refractivity contribution in [2.75, 3.05) is 17.5 Å². The van der Waals surface area contributed by atoms with Crippen LogP contribution in [0, 0.1) is 5.82 Å². The van der Waals surface area contributed by atoms with E-state index in [0.29, 0.717) is 11.1 Å². The summed E-state index contributed by atoms with van der Waals surface area (Å²) in [5, 5.41) is 13.8. The number of ether oxygens (including phenoxy) is 2. The van der Waals surface area contributed by atoms with Crippen LogP contribution in [-0.2, 0) is 10.0 Å². The molecule has 13 heteroatoms. The lowest BCUT2D eigenvalue weighted by Gasteiger charge is -2.23. The summed E-state index contributed by atoms with van der Waals surface area (Å²) in [6, 6.07) is 14.1. The van der Waals surface area contributed by atoms with Gasteiger partial charge in [0.2, 0.25) is 10.0 Å². The number of rotatable bonds is 12. The molecule has 0 aliphatic rings. The van der Waals surface area contributed by atoms with Gasteiger partial charge in [0, 0.05) is 6.54 Å². The number of aliphatic hydroxyl groups excluding tert-OH is 1. The standard InChI is InChI=1S/C24H23F5N2O5S/c1-37(33,34)31-20-12-16(6-11-19(20)25)21(32)13-30-22(14-2-7-17(8-3-14)35-23(26)27)15-4-9-18(10-5-15)36-24(28)29/h2-12,21-24,30-32H,13H2,1H3/t21-/m0/s1. The third kappa shape index (κ3) is 8.58. The zero-order valence-corrected chi connectivity index (χ0v) is 20.1. The van der Waals surface area contributed by atoms with Gasteiger partial charge in [0.15, 0.2) is 0 Å². The van der Waals surface area contributed by atoms with Crippen molar-refractivity contribution in [2.45, 2.75) is 25.4 Å². The first-order chi connectivity index (χ1) is 17.4. The number of hydrogen-bond donors (Lipinski definition) is 3. The van der Waals surface area contributed by atoms with Gasteiger partial charge in [-0.15, -0.1) is 0 Å². The van der Waals surface area contributed by atoms with Crippen LogP contribution >= 0.6 is 0 Å². The van der Waals surface area contributed by atoms with E-state index in [0.717, 1.165) is 18.4 Å².